The minimum Gasteiger partial charge on any atom is -0.493 e. The number of carbonyl (C=O) groups is 1. The third kappa shape index (κ3) is 4.65. The van der Waals surface area contributed by atoms with E-state index in [1.165, 1.54) is 19.3 Å². The van der Waals surface area contributed by atoms with E-state index < -0.39 is 0 Å². The van der Waals surface area contributed by atoms with Gasteiger partial charge in [-0.05, 0) is 18.9 Å². The molecule has 1 fully saturated rings. The molecule has 0 aliphatic heterocycles. The summed E-state index contributed by atoms with van der Waals surface area (Å²) in [4.78, 5) is 16.8. The Morgan fingerprint density at radius 3 is 2.21 bits per heavy atom. The molecule has 1 amide bonds. The molecule has 7 nitrogen and oxygen atoms in total. The first-order valence-corrected chi connectivity index (χ1v) is 9.47. The predicted molar refractivity (Wildman–Crippen MR) is 108 cm³/mol. The Kier molecular flexibility index (Phi) is 6.57. The van der Waals surface area contributed by atoms with Crippen LogP contribution in [0.2, 0.25) is 0 Å². The number of aromatic nitrogens is 1. The van der Waals surface area contributed by atoms with Crippen LogP contribution >= 0.6 is 0 Å². The smallest absolute Gasteiger partial charge is 0.253 e. The molecule has 1 aromatic heterocycles. The average molecular weight is 385 g/mol. The maximum atomic E-state index is 12.6. The van der Waals surface area contributed by atoms with Crippen LogP contribution in [0.3, 0.4) is 0 Å². The lowest BCUT2D eigenvalue weighted by atomic mass is 9.95. The number of methoxy groups -OCH3 is 3. The van der Waals surface area contributed by atoms with E-state index in [2.05, 4.69) is 15.6 Å². The van der Waals surface area contributed by atoms with Crippen molar-refractivity contribution in [3.63, 3.8) is 0 Å². The van der Waals surface area contributed by atoms with Crippen LogP contribution in [0.25, 0.3) is 0 Å². The summed E-state index contributed by atoms with van der Waals surface area (Å²) in [6, 6.07) is 5.65. The number of hydrogen-bond acceptors (Lipinski definition) is 6. The molecule has 1 aromatic carbocycles. The third-order valence-corrected chi connectivity index (χ3v) is 4.89. The molecule has 150 valence electrons. The van der Waals surface area contributed by atoms with Crippen molar-refractivity contribution in [3.05, 3.63) is 36.2 Å². The number of ether oxygens (including phenoxy) is 3. The number of carbonyl (C=O) groups excluding carboxylic acids is 1. The highest BCUT2D eigenvalue weighted by Gasteiger charge is 2.17. The van der Waals surface area contributed by atoms with Crippen molar-refractivity contribution in [3.8, 4) is 17.2 Å². The summed E-state index contributed by atoms with van der Waals surface area (Å²) < 4.78 is 16.1. The van der Waals surface area contributed by atoms with E-state index in [1.807, 2.05) is 0 Å². The van der Waals surface area contributed by atoms with Gasteiger partial charge in [0.15, 0.2) is 11.5 Å². The zero-order chi connectivity index (χ0) is 19.9. The molecule has 0 spiro atoms. The largest absolute Gasteiger partial charge is 0.493 e. The zero-order valence-corrected chi connectivity index (χ0v) is 16.6. The van der Waals surface area contributed by atoms with Crippen LogP contribution in [0, 0.1) is 0 Å². The van der Waals surface area contributed by atoms with Crippen LogP contribution in [-0.4, -0.2) is 38.3 Å². The van der Waals surface area contributed by atoms with Crippen molar-refractivity contribution in [2.24, 2.45) is 0 Å². The van der Waals surface area contributed by atoms with Gasteiger partial charge < -0.3 is 24.8 Å². The van der Waals surface area contributed by atoms with Gasteiger partial charge in [-0.15, -0.1) is 0 Å². The van der Waals surface area contributed by atoms with Gasteiger partial charge >= 0.3 is 0 Å². The number of benzene rings is 1. The second-order valence-corrected chi connectivity index (χ2v) is 6.81. The predicted octanol–water partition coefficient (Wildman–Crippen LogP) is 3.91. The maximum Gasteiger partial charge on any atom is 0.253 e. The van der Waals surface area contributed by atoms with Gasteiger partial charge in [-0.1, -0.05) is 19.3 Å². The molecular formula is C21H27N3O4. The number of nitrogens with zero attached hydrogens (tertiary/aromatic N) is 1. The van der Waals surface area contributed by atoms with Crippen molar-refractivity contribution in [1.82, 2.24) is 10.3 Å². The number of nitrogens with one attached hydrogen (secondary N) is 2. The highest BCUT2D eigenvalue weighted by Crippen LogP contribution is 2.40. The molecule has 0 atom stereocenters. The maximum absolute atomic E-state index is 12.6. The van der Waals surface area contributed by atoms with Gasteiger partial charge in [-0.3, -0.25) is 9.78 Å². The number of rotatable bonds is 7. The van der Waals surface area contributed by atoms with Gasteiger partial charge in [0.05, 0.1) is 38.8 Å². The van der Waals surface area contributed by atoms with Crippen LogP contribution in [0.1, 0.15) is 42.5 Å². The van der Waals surface area contributed by atoms with E-state index in [0.29, 0.717) is 28.5 Å². The Morgan fingerprint density at radius 2 is 1.61 bits per heavy atom. The van der Waals surface area contributed by atoms with Gasteiger partial charge in [-0.25, -0.2) is 0 Å². The Bertz CT molecular complexity index is 794. The molecule has 1 saturated carbocycles. The van der Waals surface area contributed by atoms with Crippen molar-refractivity contribution in [2.45, 2.75) is 38.1 Å². The van der Waals surface area contributed by atoms with Crippen molar-refractivity contribution in [2.75, 3.05) is 26.6 Å². The molecule has 1 heterocycles. The van der Waals surface area contributed by atoms with Gasteiger partial charge in [0.2, 0.25) is 5.75 Å². The van der Waals surface area contributed by atoms with Gasteiger partial charge in [0.1, 0.15) is 0 Å². The number of anilines is 2. The van der Waals surface area contributed by atoms with Crippen LogP contribution in [-0.2, 0) is 0 Å². The minimum atomic E-state index is -0.0899. The molecule has 7 heteroatoms. The van der Waals surface area contributed by atoms with Crippen LogP contribution in [0.5, 0.6) is 17.2 Å². The summed E-state index contributed by atoms with van der Waals surface area (Å²) in [6.45, 7) is 0. The second-order valence-electron chi connectivity index (χ2n) is 6.81. The van der Waals surface area contributed by atoms with Crippen molar-refractivity contribution >= 4 is 17.3 Å². The van der Waals surface area contributed by atoms with Crippen molar-refractivity contribution < 1.29 is 19.0 Å². The molecule has 0 radical (unpaired) electrons. The van der Waals surface area contributed by atoms with Gasteiger partial charge in [-0.2, -0.15) is 0 Å². The van der Waals surface area contributed by atoms with E-state index in [1.54, 1.807) is 51.9 Å². The highest BCUT2D eigenvalue weighted by molar-refractivity contribution is 5.95. The average Bonchev–Trinajstić information content (AvgIpc) is 2.73. The zero-order valence-electron chi connectivity index (χ0n) is 16.6. The Balaban J connectivity index is 1.76. The molecule has 28 heavy (non-hydrogen) atoms. The summed E-state index contributed by atoms with van der Waals surface area (Å²) in [5.74, 6) is 1.52. The van der Waals surface area contributed by atoms with Gasteiger partial charge in [0.25, 0.3) is 5.91 Å². The summed E-state index contributed by atoms with van der Waals surface area (Å²) in [7, 11) is 4.70. The van der Waals surface area contributed by atoms with Crippen molar-refractivity contribution in [1.29, 1.82) is 0 Å². The lowest BCUT2D eigenvalue weighted by molar-refractivity contribution is 0.0927. The summed E-state index contributed by atoms with van der Waals surface area (Å²) in [5.41, 5.74) is 1.97. The topological polar surface area (TPSA) is 81.7 Å². The minimum absolute atomic E-state index is 0.0899. The number of amides is 1. The Labute approximate surface area is 165 Å². The molecule has 1 aliphatic carbocycles. The summed E-state index contributed by atoms with van der Waals surface area (Å²) >= 11 is 0. The monoisotopic (exact) mass is 385 g/mol. The van der Waals surface area contributed by atoms with Crippen LogP contribution in [0.15, 0.2) is 30.6 Å². The SMILES string of the molecule is COc1cc(Nc2cncc(C(=O)NC3CCCCC3)c2)cc(OC)c1OC. The van der Waals surface area contributed by atoms with E-state index in [-0.39, 0.29) is 11.9 Å². The molecule has 2 N–H and O–H groups in total. The van der Waals surface area contributed by atoms with E-state index >= 15 is 0 Å². The van der Waals surface area contributed by atoms with E-state index in [0.717, 1.165) is 18.5 Å². The first kappa shape index (κ1) is 19.8. The molecule has 2 aromatic rings. The molecule has 3 rings (SSSR count). The van der Waals surface area contributed by atoms with E-state index in [9.17, 15) is 4.79 Å². The Morgan fingerprint density at radius 1 is 0.929 bits per heavy atom. The highest BCUT2D eigenvalue weighted by atomic mass is 16.5. The number of hydrogen-bond donors (Lipinski definition) is 2. The first-order valence-electron chi connectivity index (χ1n) is 9.47. The second kappa shape index (κ2) is 9.30. The fourth-order valence-electron chi connectivity index (χ4n) is 3.47. The molecule has 0 bridgehead atoms. The fraction of sp³-hybridized carbons (Fsp3) is 0.429. The number of pyridine rings is 1. The van der Waals surface area contributed by atoms with Crippen LogP contribution in [0.4, 0.5) is 11.4 Å². The normalized spacial score (nSPS) is 14.2. The fourth-order valence-corrected chi connectivity index (χ4v) is 3.47. The Hall–Kier alpha value is -2.96. The standard InChI is InChI=1S/C21H27N3O4/c1-26-18-10-16(11-19(27-2)20(18)28-3)23-17-9-14(12-22-13-17)21(25)24-15-7-5-4-6-8-15/h9-13,15,23H,4-8H2,1-3H3,(H,24,25). The molecular weight excluding hydrogens is 358 g/mol. The van der Waals surface area contributed by atoms with Gasteiger partial charge in [0, 0.05) is 30.1 Å². The van der Waals surface area contributed by atoms with Crippen LogP contribution < -0.4 is 24.8 Å². The molecule has 1 aliphatic rings. The molecule has 0 saturated heterocycles. The summed E-state index contributed by atoms with van der Waals surface area (Å²) in [6.07, 6.45) is 8.93. The molecule has 0 unspecified atom stereocenters. The van der Waals surface area contributed by atoms with E-state index in [4.69, 9.17) is 14.2 Å². The lowest BCUT2D eigenvalue weighted by Gasteiger charge is -2.22. The first-order chi connectivity index (χ1) is 13.6. The third-order valence-electron chi connectivity index (χ3n) is 4.89. The summed E-state index contributed by atoms with van der Waals surface area (Å²) in [5, 5.41) is 6.36. The quantitative estimate of drug-likeness (QED) is 0.752. The lowest BCUT2D eigenvalue weighted by Crippen LogP contribution is -2.36.